The summed E-state index contributed by atoms with van der Waals surface area (Å²) in [7, 11) is -2.41. The van der Waals surface area contributed by atoms with Gasteiger partial charge in [-0.2, -0.15) is 0 Å². The molecule has 35 heavy (non-hydrogen) atoms. The molecule has 2 atom stereocenters. The number of benzene rings is 2. The number of aryl methyl sites for hydroxylation is 1. The maximum atomic E-state index is 14.7. The standard InChI is InChI=1S/C24H33FN4O5S/c1-17-10-6-9-13-21(17)35(31,32)27-26-14-18-11-7-8-12-19(18)20-15-29(25)22(33-5)16-28(20)23(30)34-24(2,3)4/h6-13,20,22,26-27H,14-16H2,1-5H3. The number of halogens is 1. The van der Waals surface area contributed by atoms with E-state index in [9.17, 15) is 17.7 Å². The van der Waals surface area contributed by atoms with Crippen molar-refractivity contribution in [3.8, 4) is 0 Å². The molecule has 2 aromatic rings. The minimum atomic E-state index is -3.79. The van der Waals surface area contributed by atoms with Gasteiger partial charge in [-0.1, -0.05) is 42.5 Å². The number of amides is 1. The van der Waals surface area contributed by atoms with Crippen LogP contribution in [0.2, 0.25) is 0 Å². The number of carbonyl (C=O) groups excluding carboxylic acids is 1. The third kappa shape index (κ3) is 6.77. The number of ether oxygens (including phenoxy) is 2. The van der Waals surface area contributed by atoms with Crippen molar-refractivity contribution < 1.29 is 27.2 Å². The molecule has 11 heteroatoms. The molecule has 2 aromatic carbocycles. The molecule has 1 amide bonds. The number of rotatable bonds is 7. The van der Waals surface area contributed by atoms with Gasteiger partial charge in [0, 0.05) is 13.7 Å². The van der Waals surface area contributed by atoms with Crippen LogP contribution in [0.5, 0.6) is 0 Å². The second-order valence-electron chi connectivity index (χ2n) is 9.34. The van der Waals surface area contributed by atoms with Crippen molar-refractivity contribution in [3.63, 3.8) is 0 Å². The highest BCUT2D eigenvalue weighted by Crippen LogP contribution is 2.32. The van der Waals surface area contributed by atoms with Gasteiger partial charge in [0.05, 0.1) is 24.0 Å². The molecule has 0 aromatic heterocycles. The first kappa shape index (κ1) is 27.0. The van der Waals surface area contributed by atoms with Crippen molar-refractivity contribution in [1.29, 1.82) is 0 Å². The molecule has 2 N–H and O–H groups in total. The third-order valence-corrected chi connectivity index (χ3v) is 7.02. The van der Waals surface area contributed by atoms with Crippen molar-refractivity contribution in [2.45, 2.75) is 57.0 Å². The number of hydrogen-bond acceptors (Lipinski definition) is 7. The van der Waals surface area contributed by atoms with Crippen molar-refractivity contribution in [1.82, 2.24) is 20.3 Å². The summed E-state index contributed by atoms with van der Waals surface area (Å²) in [6.07, 6.45) is -1.51. The normalized spacial score (nSPS) is 19.5. The summed E-state index contributed by atoms with van der Waals surface area (Å²) in [5, 5.41) is 0.552. The second kappa shape index (κ2) is 11.0. The number of nitrogens with zero attached hydrogens (tertiary/aromatic N) is 2. The van der Waals surface area contributed by atoms with E-state index < -0.39 is 34.0 Å². The van der Waals surface area contributed by atoms with E-state index in [1.807, 2.05) is 0 Å². The van der Waals surface area contributed by atoms with Crippen molar-refractivity contribution >= 4 is 16.1 Å². The predicted molar refractivity (Wildman–Crippen MR) is 129 cm³/mol. The van der Waals surface area contributed by atoms with Gasteiger partial charge in [0.2, 0.25) is 0 Å². The van der Waals surface area contributed by atoms with E-state index in [0.29, 0.717) is 21.8 Å². The molecule has 1 aliphatic heterocycles. The lowest BCUT2D eigenvalue weighted by atomic mass is 9.97. The molecule has 3 rings (SSSR count). The minimum absolute atomic E-state index is 0.0335. The maximum Gasteiger partial charge on any atom is 0.410 e. The zero-order chi connectivity index (χ0) is 25.8. The molecule has 1 aliphatic rings. The Morgan fingerprint density at radius 2 is 1.77 bits per heavy atom. The Hall–Kier alpha value is -2.57. The van der Waals surface area contributed by atoms with Crippen molar-refractivity contribution in [3.05, 3.63) is 65.2 Å². The van der Waals surface area contributed by atoms with E-state index in [-0.39, 0.29) is 24.5 Å². The van der Waals surface area contributed by atoms with Crippen LogP contribution in [0.25, 0.3) is 0 Å². The molecular weight excluding hydrogens is 475 g/mol. The van der Waals surface area contributed by atoms with E-state index in [0.717, 1.165) is 0 Å². The predicted octanol–water partition coefficient (Wildman–Crippen LogP) is 3.43. The number of carbonyl (C=O) groups is 1. The van der Waals surface area contributed by atoms with Crippen LogP contribution in [-0.2, 0) is 26.0 Å². The Balaban J connectivity index is 1.82. The fraction of sp³-hybridized carbons (Fsp3) is 0.458. The summed E-state index contributed by atoms with van der Waals surface area (Å²) in [6.45, 7) is 6.94. The van der Waals surface area contributed by atoms with E-state index in [2.05, 4.69) is 10.3 Å². The van der Waals surface area contributed by atoms with Crippen LogP contribution in [0.4, 0.5) is 9.28 Å². The fourth-order valence-electron chi connectivity index (χ4n) is 3.90. The van der Waals surface area contributed by atoms with Crippen LogP contribution in [0.3, 0.4) is 0 Å². The summed E-state index contributed by atoms with van der Waals surface area (Å²) < 4.78 is 50.9. The van der Waals surface area contributed by atoms with Crippen LogP contribution < -0.4 is 10.3 Å². The van der Waals surface area contributed by atoms with Crippen LogP contribution in [-0.4, -0.2) is 56.6 Å². The van der Waals surface area contributed by atoms with Crippen LogP contribution >= 0.6 is 0 Å². The Morgan fingerprint density at radius 1 is 1.11 bits per heavy atom. The summed E-state index contributed by atoms with van der Waals surface area (Å²) in [5.41, 5.74) is 4.01. The Labute approximate surface area is 206 Å². The minimum Gasteiger partial charge on any atom is -0.444 e. The molecule has 0 radical (unpaired) electrons. The largest absolute Gasteiger partial charge is 0.444 e. The molecule has 2 unspecified atom stereocenters. The van der Waals surface area contributed by atoms with E-state index in [1.165, 1.54) is 18.1 Å². The number of piperazine rings is 1. The quantitative estimate of drug-likeness (QED) is 0.437. The van der Waals surface area contributed by atoms with Gasteiger partial charge in [-0.3, -0.25) is 4.90 Å². The number of nitrogens with one attached hydrogen (secondary N) is 2. The highest BCUT2D eigenvalue weighted by atomic mass is 32.2. The number of sulfonamides is 1. The van der Waals surface area contributed by atoms with Gasteiger partial charge in [-0.25, -0.2) is 18.6 Å². The van der Waals surface area contributed by atoms with E-state index in [1.54, 1.807) is 70.2 Å². The lowest BCUT2D eigenvalue weighted by Crippen LogP contribution is -2.55. The highest BCUT2D eigenvalue weighted by molar-refractivity contribution is 7.89. The van der Waals surface area contributed by atoms with Gasteiger partial charge < -0.3 is 9.47 Å². The first-order valence-electron chi connectivity index (χ1n) is 11.3. The number of hydrogen-bond donors (Lipinski definition) is 2. The lowest BCUT2D eigenvalue weighted by molar-refractivity contribution is -0.184. The van der Waals surface area contributed by atoms with Crippen molar-refractivity contribution in [2.24, 2.45) is 0 Å². The summed E-state index contributed by atoms with van der Waals surface area (Å²) in [5.74, 6) is 0. The molecule has 0 saturated carbocycles. The smallest absolute Gasteiger partial charge is 0.410 e. The highest BCUT2D eigenvalue weighted by Gasteiger charge is 2.40. The van der Waals surface area contributed by atoms with Gasteiger partial charge >= 0.3 is 6.09 Å². The first-order valence-corrected chi connectivity index (χ1v) is 12.7. The molecular formula is C24H33FN4O5S. The third-order valence-electron chi connectivity index (χ3n) is 5.57. The summed E-state index contributed by atoms with van der Waals surface area (Å²) in [4.78, 5) is 17.0. The Bertz CT molecular complexity index is 1140. The molecule has 1 saturated heterocycles. The molecule has 0 aliphatic carbocycles. The molecule has 0 bridgehead atoms. The monoisotopic (exact) mass is 508 g/mol. The first-order chi connectivity index (χ1) is 16.4. The molecule has 9 nitrogen and oxygen atoms in total. The Morgan fingerprint density at radius 3 is 2.43 bits per heavy atom. The van der Waals surface area contributed by atoms with Gasteiger partial charge in [0.1, 0.15) is 5.60 Å². The molecule has 0 spiro atoms. The van der Waals surface area contributed by atoms with Gasteiger partial charge in [-0.05, 0) is 50.5 Å². The summed E-state index contributed by atoms with van der Waals surface area (Å²) in [6, 6.07) is 13.1. The van der Waals surface area contributed by atoms with Crippen LogP contribution in [0.1, 0.15) is 43.5 Å². The van der Waals surface area contributed by atoms with Gasteiger partial charge in [0.25, 0.3) is 10.0 Å². The summed E-state index contributed by atoms with van der Waals surface area (Å²) >= 11 is 0. The number of hydrazine groups is 1. The van der Waals surface area contributed by atoms with Crippen LogP contribution in [0.15, 0.2) is 53.4 Å². The zero-order valence-corrected chi connectivity index (χ0v) is 21.4. The molecule has 192 valence electrons. The average molecular weight is 509 g/mol. The molecule has 1 fully saturated rings. The van der Waals surface area contributed by atoms with E-state index in [4.69, 9.17) is 9.47 Å². The zero-order valence-electron chi connectivity index (χ0n) is 20.6. The number of methoxy groups -OCH3 is 1. The molecule has 1 heterocycles. The fourth-order valence-corrected chi connectivity index (χ4v) is 5.02. The van der Waals surface area contributed by atoms with Crippen LogP contribution in [0, 0.1) is 6.92 Å². The average Bonchev–Trinajstić information content (AvgIpc) is 2.78. The van der Waals surface area contributed by atoms with Gasteiger partial charge in [0.15, 0.2) is 6.23 Å². The van der Waals surface area contributed by atoms with E-state index >= 15 is 0 Å². The maximum absolute atomic E-state index is 14.7. The second-order valence-corrected chi connectivity index (χ2v) is 11.0. The SMILES string of the molecule is COC1CN(C(=O)OC(C)(C)C)C(c2ccccc2CNNS(=O)(=O)c2ccccc2C)CN1F. The lowest BCUT2D eigenvalue weighted by Gasteiger charge is -2.42. The Kier molecular flexibility index (Phi) is 8.50. The topological polar surface area (TPSA) is 100 Å². The van der Waals surface area contributed by atoms with Gasteiger partial charge in [-0.15, -0.1) is 14.4 Å². The van der Waals surface area contributed by atoms with Crippen molar-refractivity contribution in [2.75, 3.05) is 20.2 Å².